The van der Waals surface area contributed by atoms with Crippen LogP contribution in [0, 0.1) is 5.92 Å². The number of hydrogen-bond acceptors (Lipinski definition) is 4. The Morgan fingerprint density at radius 3 is 2.81 bits per heavy atom. The molecule has 2 rings (SSSR count). The third-order valence-corrected chi connectivity index (χ3v) is 3.74. The summed E-state index contributed by atoms with van der Waals surface area (Å²) >= 11 is 1.34. The minimum absolute atomic E-state index is 0.0201. The topological polar surface area (TPSA) is 70.7 Å². The van der Waals surface area contributed by atoms with Gasteiger partial charge in [-0.25, -0.2) is 4.98 Å². The zero-order valence-electron chi connectivity index (χ0n) is 12.3. The lowest BCUT2D eigenvalue weighted by molar-refractivity contribution is -0.118. The van der Waals surface area contributed by atoms with Gasteiger partial charge in [-0.15, -0.1) is 5.10 Å². The number of aromatic nitrogens is 3. The average Bonchev–Trinajstić information content (AvgIpc) is 2.94. The van der Waals surface area contributed by atoms with E-state index in [1.807, 2.05) is 30.3 Å². The predicted molar refractivity (Wildman–Crippen MR) is 85.0 cm³/mol. The molecule has 1 aromatic carbocycles. The minimum atomic E-state index is 0.0201. The first-order valence-corrected chi connectivity index (χ1v) is 8.01. The molecule has 1 amide bonds. The molecule has 112 valence electrons. The van der Waals surface area contributed by atoms with E-state index in [4.69, 9.17) is 0 Å². The van der Waals surface area contributed by atoms with Gasteiger partial charge in [-0.2, -0.15) is 0 Å². The van der Waals surface area contributed by atoms with Crippen molar-refractivity contribution in [3.8, 4) is 11.4 Å². The van der Waals surface area contributed by atoms with E-state index in [1.54, 1.807) is 0 Å². The molecule has 5 nitrogen and oxygen atoms in total. The number of thioether (sulfide) groups is 1. The Balaban J connectivity index is 1.79. The number of carbonyl (C=O) groups is 1. The minimum Gasteiger partial charge on any atom is -0.355 e. The van der Waals surface area contributed by atoms with Crippen LogP contribution in [-0.2, 0) is 4.79 Å². The van der Waals surface area contributed by atoms with Gasteiger partial charge in [0.15, 0.2) is 5.82 Å². The molecular formula is C15H20N4OS. The fourth-order valence-electron chi connectivity index (χ4n) is 1.72. The van der Waals surface area contributed by atoms with Gasteiger partial charge in [-0.3, -0.25) is 9.89 Å². The molecule has 0 saturated carbocycles. The second kappa shape index (κ2) is 7.83. The first-order valence-electron chi connectivity index (χ1n) is 7.02. The molecule has 0 aliphatic rings. The molecule has 0 aliphatic heterocycles. The van der Waals surface area contributed by atoms with Gasteiger partial charge in [0.1, 0.15) is 0 Å². The third-order valence-electron chi connectivity index (χ3n) is 2.89. The quantitative estimate of drug-likeness (QED) is 0.772. The van der Waals surface area contributed by atoms with Gasteiger partial charge in [0, 0.05) is 12.1 Å². The van der Waals surface area contributed by atoms with Crippen LogP contribution in [-0.4, -0.2) is 33.4 Å². The van der Waals surface area contributed by atoms with Crippen molar-refractivity contribution >= 4 is 17.7 Å². The Hall–Kier alpha value is -1.82. The van der Waals surface area contributed by atoms with E-state index in [9.17, 15) is 4.79 Å². The van der Waals surface area contributed by atoms with Crippen LogP contribution < -0.4 is 5.32 Å². The van der Waals surface area contributed by atoms with Crippen molar-refractivity contribution in [2.45, 2.75) is 25.4 Å². The molecule has 2 N–H and O–H groups in total. The van der Waals surface area contributed by atoms with Crippen LogP contribution in [0.2, 0.25) is 0 Å². The first kappa shape index (κ1) is 15.6. The highest BCUT2D eigenvalue weighted by Crippen LogP contribution is 2.18. The summed E-state index contributed by atoms with van der Waals surface area (Å²) < 4.78 is 0. The molecule has 1 aromatic heterocycles. The summed E-state index contributed by atoms with van der Waals surface area (Å²) in [6, 6.07) is 9.79. The Bertz CT molecular complexity index is 568. The number of amides is 1. The van der Waals surface area contributed by atoms with Crippen molar-refractivity contribution in [3.05, 3.63) is 30.3 Å². The number of H-pyrrole nitrogens is 1. The zero-order chi connectivity index (χ0) is 15.1. The van der Waals surface area contributed by atoms with E-state index in [2.05, 4.69) is 34.3 Å². The van der Waals surface area contributed by atoms with Crippen molar-refractivity contribution < 1.29 is 4.79 Å². The van der Waals surface area contributed by atoms with Gasteiger partial charge in [0.2, 0.25) is 11.1 Å². The summed E-state index contributed by atoms with van der Waals surface area (Å²) in [6.45, 7) is 5.00. The first-order chi connectivity index (χ1) is 10.1. The molecule has 0 atom stereocenters. The second-order valence-electron chi connectivity index (χ2n) is 5.15. The molecular weight excluding hydrogens is 284 g/mol. The maximum atomic E-state index is 11.7. The molecule has 0 bridgehead atoms. The molecule has 0 aliphatic carbocycles. The van der Waals surface area contributed by atoms with Crippen molar-refractivity contribution in [2.24, 2.45) is 5.92 Å². The summed E-state index contributed by atoms with van der Waals surface area (Å²) in [6.07, 6.45) is 0.995. The number of rotatable bonds is 7. The molecule has 1 heterocycles. The van der Waals surface area contributed by atoms with Crippen LogP contribution >= 0.6 is 11.8 Å². The largest absolute Gasteiger partial charge is 0.355 e. The van der Waals surface area contributed by atoms with Crippen molar-refractivity contribution in [1.29, 1.82) is 0 Å². The van der Waals surface area contributed by atoms with E-state index in [-0.39, 0.29) is 5.91 Å². The van der Waals surface area contributed by atoms with Gasteiger partial charge in [0.25, 0.3) is 0 Å². The average molecular weight is 304 g/mol. The molecule has 2 aromatic rings. The molecule has 0 radical (unpaired) electrons. The predicted octanol–water partition coefficient (Wildman–Crippen LogP) is 2.73. The van der Waals surface area contributed by atoms with Gasteiger partial charge >= 0.3 is 0 Å². The Labute approximate surface area is 128 Å². The van der Waals surface area contributed by atoms with Crippen LogP contribution in [0.15, 0.2) is 35.5 Å². The highest BCUT2D eigenvalue weighted by Gasteiger charge is 2.08. The van der Waals surface area contributed by atoms with E-state index in [0.29, 0.717) is 16.8 Å². The van der Waals surface area contributed by atoms with Crippen LogP contribution in [0.3, 0.4) is 0 Å². The Morgan fingerprint density at radius 2 is 2.10 bits per heavy atom. The van der Waals surface area contributed by atoms with Gasteiger partial charge in [-0.1, -0.05) is 55.9 Å². The van der Waals surface area contributed by atoms with Crippen LogP contribution in [0.25, 0.3) is 11.4 Å². The molecule has 0 unspecified atom stereocenters. The smallest absolute Gasteiger partial charge is 0.230 e. The van der Waals surface area contributed by atoms with Crippen LogP contribution in [0.1, 0.15) is 20.3 Å². The summed E-state index contributed by atoms with van der Waals surface area (Å²) in [4.78, 5) is 16.1. The van der Waals surface area contributed by atoms with Gasteiger partial charge in [-0.05, 0) is 12.3 Å². The highest BCUT2D eigenvalue weighted by atomic mass is 32.2. The fraction of sp³-hybridized carbons (Fsp3) is 0.400. The lowest BCUT2D eigenvalue weighted by Crippen LogP contribution is -2.26. The van der Waals surface area contributed by atoms with Crippen LogP contribution in [0.4, 0.5) is 0 Å². The monoisotopic (exact) mass is 304 g/mol. The summed E-state index contributed by atoms with van der Waals surface area (Å²) in [5.41, 5.74) is 0.984. The van der Waals surface area contributed by atoms with E-state index >= 15 is 0 Å². The lowest BCUT2D eigenvalue weighted by atomic mass is 10.1. The molecule has 6 heteroatoms. The summed E-state index contributed by atoms with van der Waals surface area (Å²) in [5.74, 6) is 1.67. The maximum Gasteiger partial charge on any atom is 0.230 e. The molecule has 0 spiro atoms. The number of carbonyl (C=O) groups excluding carboxylic acids is 1. The number of nitrogens with one attached hydrogen (secondary N) is 2. The van der Waals surface area contributed by atoms with E-state index < -0.39 is 0 Å². The van der Waals surface area contributed by atoms with Crippen molar-refractivity contribution in [3.63, 3.8) is 0 Å². The lowest BCUT2D eigenvalue weighted by Gasteiger charge is -2.05. The van der Waals surface area contributed by atoms with Gasteiger partial charge < -0.3 is 5.32 Å². The number of hydrogen-bond donors (Lipinski definition) is 2. The van der Waals surface area contributed by atoms with Crippen molar-refractivity contribution in [1.82, 2.24) is 20.5 Å². The fourth-order valence-corrected chi connectivity index (χ4v) is 2.35. The highest BCUT2D eigenvalue weighted by molar-refractivity contribution is 7.99. The van der Waals surface area contributed by atoms with E-state index in [1.165, 1.54) is 11.8 Å². The number of aromatic amines is 1. The summed E-state index contributed by atoms with van der Waals surface area (Å²) in [7, 11) is 0. The summed E-state index contributed by atoms with van der Waals surface area (Å²) in [5, 5.41) is 10.5. The standard InChI is InChI=1S/C15H20N4OS/c1-11(2)8-9-16-13(20)10-21-15-17-14(18-19-15)12-6-4-3-5-7-12/h3-7,11H,8-10H2,1-2H3,(H,16,20)(H,17,18,19). The normalized spacial score (nSPS) is 10.8. The van der Waals surface area contributed by atoms with Crippen LogP contribution in [0.5, 0.6) is 0 Å². The van der Waals surface area contributed by atoms with E-state index in [0.717, 1.165) is 24.4 Å². The Kier molecular flexibility index (Phi) is 5.80. The van der Waals surface area contributed by atoms with Gasteiger partial charge in [0.05, 0.1) is 5.75 Å². The molecule has 0 saturated heterocycles. The molecule has 21 heavy (non-hydrogen) atoms. The molecule has 0 fully saturated rings. The third kappa shape index (κ3) is 5.23. The van der Waals surface area contributed by atoms with Crippen molar-refractivity contribution in [2.75, 3.05) is 12.3 Å². The SMILES string of the molecule is CC(C)CCNC(=O)CSc1n[nH]c(-c2ccccc2)n1. The second-order valence-corrected chi connectivity index (χ2v) is 6.10. The zero-order valence-corrected chi connectivity index (χ0v) is 13.1. The maximum absolute atomic E-state index is 11.7. The Morgan fingerprint density at radius 1 is 1.33 bits per heavy atom. The number of benzene rings is 1. The number of nitrogens with zero attached hydrogens (tertiary/aromatic N) is 2.